The predicted octanol–water partition coefficient (Wildman–Crippen LogP) is 2.26. The van der Waals surface area contributed by atoms with Crippen molar-refractivity contribution in [3.63, 3.8) is 0 Å². The number of primary amides is 1. The minimum atomic E-state index is -0.785. The number of amides is 2. The molecule has 0 aromatic heterocycles. The maximum Gasteiger partial charge on any atom is 0.338 e. The van der Waals surface area contributed by atoms with Crippen LogP contribution in [0.4, 0.5) is 4.79 Å². The third-order valence-electron chi connectivity index (χ3n) is 3.58. The summed E-state index contributed by atoms with van der Waals surface area (Å²) in [4.78, 5) is 10.9. The van der Waals surface area contributed by atoms with Gasteiger partial charge in [-0.3, -0.25) is 5.21 Å². The molecule has 1 fully saturated rings. The second-order valence-corrected chi connectivity index (χ2v) is 4.84. The number of benzene rings is 1. The molecule has 3 unspecified atom stereocenters. The molecule has 1 aliphatic rings. The molecule has 2 amide bonds. The lowest BCUT2D eigenvalue weighted by atomic mass is 10.0. The highest BCUT2D eigenvalue weighted by Crippen LogP contribution is 2.50. The van der Waals surface area contributed by atoms with Crippen LogP contribution < -0.4 is 5.73 Å². The Bertz CT molecular complexity index is 416. The number of nitrogens with zero attached hydrogens (tertiary/aromatic N) is 1. The summed E-state index contributed by atoms with van der Waals surface area (Å²) < 4.78 is 0. The maximum atomic E-state index is 10.9. The van der Waals surface area contributed by atoms with Crippen LogP contribution in [-0.4, -0.2) is 22.3 Å². The van der Waals surface area contributed by atoms with E-state index in [1.807, 2.05) is 6.92 Å². The van der Waals surface area contributed by atoms with Crippen LogP contribution in [-0.2, 0) is 0 Å². The summed E-state index contributed by atoms with van der Waals surface area (Å²) in [5, 5.41) is 10.1. The van der Waals surface area contributed by atoms with E-state index in [1.165, 1.54) is 11.1 Å². The van der Waals surface area contributed by atoms with Crippen LogP contribution in [0.1, 0.15) is 30.4 Å². The van der Waals surface area contributed by atoms with Crippen LogP contribution >= 0.6 is 0 Å². The fourth-order valence-corrected chi connectivity index (χ4v) is 2.33. The van der Waals surface area contributed by atoms with Crippen molar-refractivity contribution in [1.82, 2.24) is 5.06 Å². The summed E-state index contributed by atoms with van der Waals surface area (Å²) in [6, 6.07) is 7.38. The highest BCUT2D eigenvalue weighted by molar-refractivity contribution is 5.71. The molecular weight excluding hydrogens is 216 g/mol. The van der Waals surface area contributed by atoms with Crippen molar-refractivity contribution in [1.29, 1.82) is 0 Å². The van der Waals surface area contributed by atoms with E-state index >= 15 is 0 Å². The normalized spacial score (nSPS) is 24.2. The third kappa shape index (κ3) is 2.42. The molecule has 3 N–H and O–H groups in total. The summed E-state index contributed by atoms with van der Waals surface area (Å²) >= 11 is 0. The van der Waals surface area contributed by atoms with Gasteiger partial charge in [-0.2, -0.15) is 0 Å². The number of rotatable bonds is 3. The molecule has 0 saturated heterocycles. The van der Waals surface area contributed by atoms with Crippen molar-refractivity contribution in [2.45, 2.75) is 32.2 Å². The Hall–Kier alpha value is -1.55. The van der Waals surface area contributed by atoms with Crippen LogP contribution in [0.5, 0.6) is 0 Å². The van der Waals surface area contributed by atoms with Crippen LogP contribution in [0.15, 0.2) is 24.3 Å². The molecule has 1 aliphatic carbocycles. The lowest BCUT2D eigenvalue weighted by Gasteiger charge is -2.20. The van der Waals surface area contributed by atoms with Gasteiger partial charge in [-0.05, 0) is 37.7 Å². The lowest BCUT2D eigenvalue weighted by molar-refractivity contribution is -0.0760. The number of hydrogen-bond acceptors (Lipinski definition) is 2. The van der Waals surface area contributed by atoms with E-state index in [0.717, 1.165) is 6.42 Å². The molecule has 17 heavy (non-hydrogen) atoms. The van der Waals surface area contributed by atoms with Crippen molar-refractivity contribution in [2.24, 2.45) is 11.7 Å². The Morgan fingerprint density at radius 3 is 2.59 bits per heavy atom. The average Bonchev–Trinajstić information content (AvgIpc) is 3.08. The van der Waals surface area contributed by atoms with E-state index in [1.54, 1.807) is 0 Å². The van der Waals surface area contributed by atoms with Gasteiger partial charge in [0.05, 0.1) is 6.04 Å². The Morgan fingerprint density at radius 2 is 2.06 bits per heavy atom. The molecule has 0 radical (unpaired) electrons. The largest absolute Gasteiger partial charge is 0.350 e. The van der Waals surface area contributed by atoms with Gasteiger partial charge < -0.3 is 5.73 Å². The van der Waals surface area contributed by atoms with Gasteiger partial charge in [-0.15, -0.1) is 0 Å². The van der Waals surface area contributed by atoms with Gasteiger partial charge in [0.15, 0.2) is 0 Å². The van der Waals surface area contributed by atoms with Gasteiger partial charge in [-0.1, -0.05) is 29.8 Å². The number of carbonyl (C=O) groups is 1. The van der Waals surface area contributed by atoms with E-state index < -0.39 is 6.03 Å². The van der Waals surface area contributed by atoms with E-state index in [0.29, 0.717) is 16.9 Å². The highest BCUT2D eigenvalue weighted by Gasteiger charge is 2.44. The fourth-order valence-electron chi connectivity index (χ4n) is 2.33. The minimum absolute atomic E-state index is 0.223. The number of aryl methyl sites for hydroxylation is 1. The van der Waals surface area contributed by atoms with E-state index in [4.69, 9.17) is 5.73 Å². The zero-order chi connectivity index (χ0) is 12.6. The fraction of sp³-hybridized carbons (Fsp3) is 0.462. The summed E-state index contributed by atoms with van der Waals surface area (Å²) in [6.45, 7) is 3.88. The molecule has 0 spiro atoms. The number of carbonyl (C=O) groups excluding carboxylic acids is 1. The SMILES string of the molecule is Cc1ccc(C2CC2C(C)N(O)C(N)=O)cc1. The van der Waals surface area contributed by atoms with Gasteiger partial charge >= 0.3 is 6.03 Å². The minimum Gasteiger partial charge on any atom is -0.350 e. The summed E-state index contributed by atoms with van der Waals surface area (Å²) in [6.07, 6.45) is 0.995. The molecule has 0 aliphatic heterocycles. The van der Waals surface area contributed by atoms with Crippen molar-refractivity contribution < 1.29 is 10.0 Å². The van der Waals surface area contributed by atoms with Crippen LogP contribution in [0.2, 0.25) is 0 Å². The van der Waals surface area contributed by atoms with Gasteiger partial charge in [0, 0.05) is 0 Å². The van der Waals surface area contributed by atoms with Crippen molar-refractivity contribution in [3.8, 4) is 0 Å². The molecule has 2 rings (SSSR count). The molecule has 4 nitrogen and oxygen atoms in total. The molecule has 0 bridgehead atoms. The maximum absolute atomic E-state index is 10.9. The standard InChI is InChI=1S/C13H18N2O2/c1-8-3-5-10(6-4-8)12-7-11(12)9(2)15(17)13(14)16/h3-6,9,11-12,17H,7H2,1-2H3,(H2,14,16). The second-order valence-electron chi connectivity index (χ2n) is 4.84. The average molecular weight is 234 g/mol. The Labute approximate surface area is 101 Å². The lowest BCUT2D eigenvalue weighted by Crippen LogP contribution is -2.40. The van der Waals surface area contributed by atoms with Crippen molar-refractivity contribution in [3.05, 3.63) is 35.4 Å². The van der Waals surface area contributed by atoms with Gasteiger partial charge in [0.25, 0.3) is 0 Å². The quantitative estimate of drug-likeness (QED) is 0.622. The number of hydrogen-bond donors (Lipinski definition) is 2. The van der Waals surface area contributed by atoms with E-state index in [9.17, 15) is 10.0 Å². The number of nitrogens with two attached hydrogens (primary N) is 1. The Balaban J connectivity index is 2.00. The summed E-state index contributed by atoms with van der Waals surface area (Å²) in [5.74, 6) is 0.731. The molecule has 0 heterocycles. The van der Waals surface area contributed by atoms with E-state index in [-0.39, 0.29) is 6.04 Å². The molecule has 1 saturated carbocycles. The molecule has 92 valence electrons. The zero-order valence-corrected chi connectivity index (χ0v) is 10.1. The second kappa shape index (κ2) is 4.37. The summed E-state index contributed by atoms with van der Waals surface area (Å²) in [5.41, 5.74) is 7.55. The van der Waals surface area contributed by atoms with Crippen molar-refractivity contribution in [2.75, 3.05) is 0 Å². The van der Waals surface area contributed by atoms with Crippen LogP contribution in [0.25, 0.3) is 0 Å². The van der Waals surface area contributed by atoms with Crippen LogP contribution in [0.3, 0.4) is 0 Å². The molecule has 4 heteroatoms. The molecular formula is C13H18N2O2. The molecule has 1 aromatic carbocycles. The first-order chi connectivity index (χ1) is 8.00. The molecule has 3 atom stereocenters. The number of hydroxylamine groups is 2. The first-order valence-corrected chi connectivity index (χ1v) is 5.85. The first kappa shape index (κ1) is 11.9. The summed E-state index contributed by atoms with van der Waals surface area (Å²) in [7, 11) is 0. The molecule has 1 aromatic rings. The van der Waals surface area contributed by atoms with Gasteiger partial charge in [0.2, 0.25) is 0 Å². The Morgan fingerprint density at radius 1 is 1.47 bits per heavy atom. The van der Waals surface area contributed by atoms with Gasteiger partial charge in [-0.25, -0.2) is 9.86 Å². The Kier molecular flexibility index (Phi) is 3.07. The predicted molar refractivity (Wildman–Crippen MR) is 64.7 cm³/mol. The van der Waals surface area contributed by atoms with E-state index in [2.05, 4.69) is 31.2 Å². The zero-order valence-electron chi connectivity index (χ0n) is 10.1. The monoisotopic (exact) mass is 234 g/mol. The number of urea groups is 1. The van der Waals surface area contributed by atoms with Crippen molar-refractivity contribution >= 4 is 6.03 Å². The smallest absolute Gasteiger partial charge is 0.338 e. The first-order valence-electron chi connectivity index (χ1n) is 5.85. The topological polar surface area (TPSA) is 66.6 Å². The third-order valence-corrected chi connectivity index (χ3v) is 3.58. The highest BCUT2D eigenvalue weighted by atomic mass is 16.5. The van der Waals surface area contributed by atoms with Gasteiger partial charge in [0.1, 0.15) is 0 Å². The van der Waals surface area contributed by atoms with Crippen LogP contribution in [0, 0.1) is 12.8 Å².